The maximum Gasteiger partial charge on any atom is 0.329 e. The third kappa shape index (κ3) is 3.90. The molecule has 0 aliphatic heterocycles. The fourth-order valence-electron chi connectivity index (χ4n) is 2.10. The van der Waals surface area contributed by atoms with Crippen molar-refractivity contribution in [3.63, 3.8) is 0 Å². The number of aromatic nitrogens is 5. The molecule has 0 atom stereocenters. The molecule has 0 aliphatic carbocycles. The highest BCUT2D eigenvalue weighted by molar-refractivity contribution is 6.30. The SMILES string of the molecule is Nc1cc(-c2ccc(Cl)cc2)nn1CCOC(=O)Cn1nccn1. The summed E-state index contributed by atoms with van der Waals surface area (Å²) >= 11 is 5.88. The van der Waals surface area contributed by atoms with Crippen LogP contribution in [0.4, 0.5) is 5.82 Å². The van der Waals surface area contributed by atoms with E-state index in [1.807, 2.05) is 12.1 Å². The minimum Gasteiger partial charge on any atom is -0.462 e. The molecule has 2 aromatic heterocycles. The summed E-state index contributed by atoms with van der Waals surface area (Å²) in [5.41, 5.74) is 7.59. The van der Waals surface area contributed by atoms with Gasteiger partial charge in [0.25, 0.3) is 0 Å². The first-order valence-electron chi connectivity index (χ1n) is 7.21. The number of ether oxygens (including phenoxy) is 1. The number of nitrogen functional groups attached to an aromatic ring is 1. The Kier molecular flexibility index (Phi) is 4.76. The van der Waals surface area contributed by atoms with E-state index < -0.39 is 5.97 Å². The summed E-state index contributed by atoms with van der Waals surface area (Å²) in [6.45, 7) is 0.487. The lowest BCUT2D eigenvalue weighted by atomic mass is 10.1. The molecule has 0 aliphatic rings. The normalized spacial score (nSPS) is 10.7. The van der Waals surface area contributed by atoms with Crippen molar-refractivity contribution in [2.45, 2.75) is 13.1 Å². The topological polar surface area (TPSA) is 101 Å². The van der Waals surface area contributed by atoms with Crippen molar-refractivity contribution in [2.75, 3.05) is 12.3 Å². The summed E-state index contributed by atoms with van der Waals surface area (Å²) in [5.74, 6) is 0.0691. The number of hydrogen-bond acceptors (Lipinski definition) is 6. The molecule has 0 radical (unpaired) electrons. The lowest BCUT2D eigenvalue weighted by Crippen LogP contribution is -2.18. The number of rotatable bonds is 6. The van der Waals surface area contributed by atoms with E-state index in [4.69, 9.17) is 22.1 Å². The first-order chi connectivity index (χ1) is 11.6. The van der Waals surface area contributed by atoms with Gasteiger partial charge in [-0.3, -0.25) is 0 Å². The maximum absolute atomic E-state index is 11.6. The van der Waals surface area contributed by atoms with Gasteiger partial charge < -0.3 is 10.5 Å². The molecule has 24 heavy (non-hydrogen) atoms. The summed E-state index contributed by atoms with van der Waals surface area (Å²) in [6, 6.07) is 9.07. The Morgan fingerprint density at radius 2 is 1.92 bits per heavy atom. The number of carbonyl (C=O) groups is 1. The van der Waals surface area contributed by atoms with Crippen LogP contribution in [0.1, 0.15) is 0 Å². The number of nitrogens with zero attached hydrogens (tertiary/aromatic N) is 5. The third-order valence-electron chi connectivity index (χ3n) is 3.25. The maximum atomic E-state index is 11.6. The van der Waals surface area contributed by atoms with Crippen molar-refractivity contribution in [3.8, 4) is 11.3 Å². The van der Waals surface area contributed by atoms with Gasteiger partial charge in [-0.15, -0.1) is 0 Å². The van der Waals surface area contributed by atoms with E-state index in [2.05, 4.69) is 15.3 Å². The average molecular weight is 347 g/mol. The van der Waals surface area contributed by atoms with Gasteiger partial charge in [-0.25, -0.2) is 9.48 Å². The molecular formula is C15H15ClN6O2. The van der Waals surface area contributed by atoms with E-state index in [-0.39, 0.29) is 13.2 Å². The lowest BCUT2D eigenvalue weighted by molar-refractivity contribution is -0.145. The Balaban J connectivity index is 1.56. The first kappa shape index (κ1) is 16.0. The first-order valence-corrected chi connectivity index (χ1v) is 7.58. The zero-order valence-corrected chi connectivity index (χ0v) is 13.4. The summed E-state index contributed by atoms with van der Waals surface area (Å²) in [7, 11) is 0. The molecule has 0 spiro atoms. The summed E-state index contributed by atoms with van der Waals surface area (Å²) in [4.78, 5) is 12.9. The van der Waals surface area contributed by atoms with Crippen LogP contribution in [0.2, 0.25) is 5.02 Å². The van der Waals surface area contributed by atoms with Gasteiger partial charge in [0, 0.05) is 16.7 Å². The van der Waals surface area contributed by atoms with Gasteiger partial charge in [0.05, 0.1) is 24.6 Å². The van der Waals surface area contributed by atoms with Crippen LogP contribution in [-0.2, 0) is 22.6 Å². The minimum atomic E-state index is -0.421. The Hall–Kier alpha value is -2.87. The molecule has 0 saturated heterocycles. The van der Waals surface area contributed by atoms with Crippen LogP contribution >= 0.6 is 11.6 Å². The predicted molar refractivity (Wildman–Crippen MR) is 88.1 cm³/mol. The molecule has 8 nitrogen and oxygen atoms in total. The molecule has 0 amide bonds. The highest BCUT2D eigenvalue weighted by atomic mass is 35.5. The summed E-state index contributed by atoms with van der Waals surface area (Å²) < 4.78 is 6.72. The molecule has 0 fully saturated rings. The summed E-state index contributed by atoms with van der Waals surface area (Å²) in [5, 5.41) is 12.7. The smallest absolute Gasteiger partial charge is 0.329 e. The van der Waals surface area contributed by atoms with Crippen molar-refractivity contribution in [1.29, 1.82) is 0 Å². The Morgan fingerprint density at radius 3 is 2.62 bits per heavy atom. The van der Waals surface area contributed by atoms with Gasteiger partial charge in [-0.05, 0) is 12.1 Å². The van der Waals surface area contributed by atoms with Gasteiger partial charge in [-0.1, -0.05) is 23.7 Å². The zero-order chi connectivity index (χ0) is 16.9. The van der Waals surface area contributed by atoms with Crippen LogP contribution in [0.3, 0.4) is 0 Å². The largest absolute Gasteiger partial charge is 0.462 e. The van der Waals surface area contributed by atoms with E-state index in [0.29, 0.717) is 17.4 Å². The fourth-order valence-corrected chi connectivity index (χ4v) is 2.23. The number of halogens is 1. The van der Waals surface area contributed by atoms with Crippen molar-refractivity contribution in [2.24, 2.45) is 0 Å². The van der Waals surface area contributed by atoms with Gasteiger partial charge in [0.2, 0.25) is 0 Å². The third-order valence-corrected chi connectivity index (χ3v) is 3.51. The number of carbonyl (C=O) groups excluding carboxylic acids is 1. The molecule has 0 bridgehead atoms. The molecule has 2 heterocycles. The fraction of sp³-hybridized carbons (Fsp3) is 0.200. The van der Waals surface area contributed by atoms with Crippen LogP contribution < -0.4 is 5.73 Å². The molecule has 9 heteroatoms. The number of esters is 1. The molecule has 3 aromatic rings. The average Bonchev–Trinajstić information content (AvgIpc) is 3.18. The van der Waals surface area contributed by atoms with Crippen LogP contribution in [0, 0.1) is 0 Å². The number of nitrogens with two attached hydrogens (primary N) is 1. The van der Waals surface area contributed by atoms with Crippen LogP contribution in [0.15, 0.2) is 42.7 Å². The second-order valence-electron chi connectivity index (χ2n) is 4.96. The standard InChI is InChI=1S/C15H15ClN6O2/c16-12-3-1-11(2-4-12)13-9-14(17)21(20-13)7-8-24-15(23)10-22-18-5-6-19-22/h1-6,9H,7-8,10,17H2. The molecule has 1 aromatic carbocycles. The van der Waals surface area contributed by atoms with Crippen molar-refractivity contribution in [3.05, 3.63) is 47.7 Å². The number of hydrogen-bond donors (Lipinski definition) is 1. The van der Waals surface area contributed by atoms with Crippen molar-refractivity contribution < 1.29 is 9.53 Å². The molecule has 2 N–H and O–H groups in total. The molecule has 0 unspecified atom stereocenters. The van der Waals surface area contributed by atoms with Crippen molar-refractivity contribution in [1.82, 2.24) is 24.8 Å². The monoisotopic (exact) mass is 346 g/mol. The summed E-state index contributed by atoms with van der Waals surface area (Å²) in [6.07, 6.45) is 2.99. The van der Waals surface area contributed by atoms with Gasteiger partial charge in [0.1, 0.15) is 12.4 Å². The molecule has 0 saturated carbocycles. The quantitative estimate of drug-likeness (QED) is 0.681. The van der Waals surface area contributed by atoms with E-state index in [9.17, 15) is 4.79 Å². The zero-order valence-electron chi connectivity index (χ0n) is 12.7. The van der Waals surface area contributed by atoms with Crippen molar-refractivity contribution >= 4 is 23.4 Å². The van der Waals surface area contributed by atoms with Gasteiger partial charge >= 0.3 is 5.97 Å². The number of benzene rings is 1. The second kappa shape index (κ2) is 7.14. The van der Waals surface area contributed by atoms with E-state index in [1.54, 1.807) is 22.9 Å². The van der Waals surface area contributed by atoms with Gasteiger partial charge in [-0.2, -0.15) is 20.1 Å². The number of anilines is 1. The minimum absolute atomic E-state index is 0.0301. The van der Waals surface area contributed by atoms with Crippen LogP contribution in [-0.4, -0.2) is 37.4 Å². The second-order valence-corrected chi connectivity index (χ2v) is 5.40. The van der Waals surface area contributed by atoms with Gasteiger partial charge in [0.15, 0.2) is 6.54 Å². The van der Waals surface area contributed by atoms with E-state index in [1.165, 1.54) is 17.2 Å². The molecule has 124 valence electrons. The van der Waals surface area contributed by atoms with E-state index in [0.717, 1.165) is 11.3 Å². The lowest BCUT2D eigenvalue weighted by Gasteiger charge is -2.06. The Morgan fingerprint density at radius 1 is 1.21 bits per heavy atom. The Labute approximate surface area is 142 Å². The molecule has 3 rings (SSSR count). The highest BCUT2D eigenvalue weighted by Crippen LogP contribution is 2.22. The highest BCUT2D eigenvalue weighted by Gasteiger charge is 2.09. The Bertz CT molecular complexity index is 813. The predicted octanol–water partition coefficient (Wildman–Crippen LogP) is 1.62. The van der Waals surface area contributed by atoms with E-state index >= 15 is 0 Å². The molecular weight excluding hydrogens is 332 g/mol. The van der Waals surface area contributed by atoms with Crippen LogP contribution in [0.25, 0.3) is 11.3 Å². The van der Waals surface area contributed by atoms with Crippen LogP contribution in [0.5, 0.6) is 0 Å².